The maximum Gasteiger partial charge on any atom is 0.347 e. The fourth-order valence-corrected chi connectivity index (χ4v) is 6.83. The molecule has 0 radical (unpaired) electrons. The first-order valence-electron chi connectivity index (χ1n) is 10.3. The van der Waals surface area contributed by atoms with Gasteiger partial charge in [0.2, 0.25) is 0 Å². The number of hydrogen-bond acceptors (Lipinski definition) is 5. The number of aryl methyl sites for hydroxylation is 1. The smallest absolute Gasteiger partial charge is 0.347 e. The van der Waals surface area contributed by atoms with E-state index in [4.69, 9.17) is 46.4 Å². The zero-order chi connectivity index (χ0) is 24.9. The molecule has 0 spiro atoms. The summed E-state index contributed by atoms with van der Waals surface area (Å²) in [6, 6.07) is 3.78. The zero-order valence-electron chi connectivity index (χ0n) is 17.8. The van der Waals surface area contributed by atoms with Crippen LogP contribution in [0.4, 0.5) is 0 Å². The number of allylic oxidation sites excluding steroid dienone is 4. The number of halogens is 4. The second kappa shape index (κ2) is 7.37. The van der Waals surface area contributed by atoms with Gasteiger partial charge in [-0.15, -0.1) is 23.2 Å². The molecule has 1 aromatic heterocycles. The third kappa shape index (κ3) is 2.68. The number of Topliss-reactive ketones (excluding diaryl/α,β-unsaturated/α-hetero) is 2. The molecule has 2 aromatic rings. The van der Waals surface area contributed by atoms with Crippen molar-refractivity contribution in [3.05, 3.63) is 72.0 Å². The van der Waals surface area contributed by atoms with Crippen LogP contribution in [-0.4, -0.2) is 40.4 Å². The minimum atomic E-state index is -2.08. The van der Waals surface area contributed by atoms with E-state index in [9.17, 15) is 24.3 Å². The fourth-order valence-electron chi connectivity index (χ4n) is 5.31. The maximum absolute atomic E-state index is 13.6. The van der Waals surface area contributed by atoms with Crippen molar-refractivity contribution >= 4 is 58.0 Å². The number of hydrogen-bond donors (Lipinski definition) is 1. The molecule has 3 aliphatic rings. The van der Waals surface area contributed by atoms with E-state index in [1.165, 1.54) is 22.5 Å². The summed E-state index contributed by atoms with van der Waals surface area (Å²) in [5, 5.41) is 9.03. The van der Waals surface area contributed by atoms with E-state index in [0.717, 1.165) is 4.57 Å². The molecule has 34 heavy (non-hydrogen) atoms. The van der Waals surface area contributed by atoms with Gasteiger partial charge in [0, 0.05) is 19.4 Å². The number of nitrogens with zero attached hydrogens (tertiary/aromatic N) is 3. The molecule has 0 bridgehead atoms. The first-order valence-corrected chi connectivity index (χ1v) is 11.8. The van der Waals surface area contributed by atoms with Gasteiger partial charge in [-0.05, 0) is 29.7 Å². The Labute approximate surface area is 212 Å². The molecular formula is C22H17Cl4N3O5. The highest BCUT2D eigenvalue weighted by molar-refractivity contribution is 6.66. The Morgan fingerprint density at radius 3 is 2.32 bits per heavy atom. The minimum Gasteiger partial charge on any atom is -0.508 e. The minimum absolute atomic E-state index is 0.0228. The predicted molar refractivity (Wildman–Crippen MR) is 127 cm³/mol. The van der Waals surface area contributed by atoms with Crippen LogP contribution in [0, 0.1) is 6.92 Å². The highest BCUT2D eigenvalue weighted by atomic mass is 35.5. The van der Waals surface area contributed by atoms with Crippen molar-refractivity contribution in [1.29, 1.82) is 0 Å². The normalized spacial score (nSPS) is 30.6. The number of phenolic OH excluding ortho intramolecular Hbond substituents is 1. The molecule has 1 N–H and O–H groups in total. The van der Waals surface area contributed by atoms with Crippen molar-refractivity contribution in [2.75, 3.05) is 0 Å². The molecule has 0 saturated heterocycles. The van der Waals surface area contributed by atoms with Gasteiger partial charge >= 0.3 is 11.4 Å². The Morgan fingerprint density at radius 1 is 1.03 bits per heavy atom. The molecule has 1 saturated carbocycles. The van der Waals surface area contributed by atoms with Crippen molar-refractivity contribution in [2.45, 2.75) is 41.6 Å². The van der Waals surface area contributed by atoms with E-state index in [-0.39, 0.29) is 18.7 Å². The number of fused-ring (bicyclic) bond motifs is 4. The monoisotopic (exact) mass is 543 g/mol. The van der Waals surface area contributed by atoms with E-state index in [2.05, 4.69) is 0 Å². The summed E-state index contributed by atoms with van der Waals surface area (Å²) in [5.74, 6) is -2.64. The molecule has 1 fully saturated rings. The van der Waals surface area contributed by atoms with Crippen LogP contribution in [0.2, 0.25) is 0 Å². The third-order valence-electron chi connectivity index (χ3n) is 7.05. The fraction of sp³-hybridized carbons (Fsp3) is 0.364. The number of aromatic nitrogens is 3. The summed E-state index contributed by atoms with van der Waals surface area (Å²) < 4.78 is 3.44. The summed E-state index contributed by atoms with van der Waals surface area (Å²) in [5.41, 5.74) is 0.385. The van der Waals surface area contributed by atoms with Crippen LogP contribution in [0.25, 0.3) is 0 Å². The molecular weight excluding hydrogens is 528 g/mol. The van der Waals surface area contributed by atoms with Crippen LogP contribution in [0.15, 0.2) is 49.5 Å². The lowest BCUT2D eigenvalue weighted by Crippen LogP contribution is -2.67. The summed E-state index contributed by atoms with van der Waals surface area (Å²) >= 11 is 26.3. The van der Waals surface area contributed by atoms with Crippen LogP contribution in [-0.2, 0) is 23.2 Å². The molecule has 4 unspecified atom stereocenters. The van der Waals surface area contributed by atoms with Gasteiger partial charge in [0.1, 0.15) is 25.6 Å². The number of alkyl halides is 2. The Morgan fingerprint density at radius 2 is 1.68 bits per heavy atom. The van der Waals surface area contributed by atoms with E-state index in [0.29, 0.717) is 16.7 Å². The van der Waals surface area contributed by atoms with Crippen LogP contribution < -0.4 is 11.4 Å². The molecule has 1 aliphatic heterocycles. The second-order valence-corrected chi connectivity index (χ2v) is 10.8. The Balaban J connectivity index is 1.86. The average Bonchev–Trinajstić information content (AvgIpc) is 3.03. The van der Waals surface area contributed by atoms with Gasteiger partial charge < -0.3 is 5.11 Å². The number of ketones is 2. The lowest BCUT2D eigenvalue weighted by atomic mass is 9.59. The number of phenols is 1. The average molecular weight is 545 g/mol. The summed E-state index contributed by atoms with van der Waals surface area (Å²) in [6.07, 6.45) is 1.44. The van der Waals surface area contributed by atoms with Crippen molar-refractivity contribution in [2.24, 2.45) is 7.05 Å². The summed E-state index contributed by atoms with van der Waals surface area (Å²) in [4.78, 5) is 48.4. The van der Waals surface area contributed by atoms with Crippen molar-refractivity contribution < 1.29 is 14.7 Å². The van der Waals surface area contributed by atoms with Crippen molar-refractivity contribution in [1.82, 2.24) is 13.9 Å². The molecule has 8 nitrogen and oxygen atoms in total. The predicted octanol–water partition coefficient (Wildman–Crippen LogP) is 2.83. The first-order chi connectivity index (χ1) is 15.9. The number of carbonyl (C=O) groups excluding carboxylic acids is 2. The van der Waals surface area contributed by atoms with Gasteiger partial charge in [0.25, 0.3) is 0 Å². The number of benzene rings is 1. The van der Waals surface area contributed by atoms with Crippen molar-refractivity contribution in [3.8, 4) is 5.75 Å². The SMILES string of the molecule is Cc1cc(C2C3=CCn4c(=O)n(C)c(=O)n4C3CC3(Cl)C(=O)C(Cl)=C(Cl)C(=O)C23Cl)ccc1O. The highest BCUT2D eigenvalue weighted by Crippen LogP contribution is 2.63. The largest absolute Gasteiger partial charge is 0.508 e. The summed E-state index contributed by atoms with van der Waals surface area (Å²) in [7, 11) is 1.35. The second-order valence-electron chi connectivity index (χ2n) is 8.75. The standard InChI is InChI=1S/C22H17Cl4N3O5/c1-9-7-10(3-4-13(9)30)14-11-5-6-28-19(33)27(2)20(34)29(28)12(11)8-21(25)17(31)15(23)16(24)18(32)22(14,21)26/h3-5,7,12,14,30H,6,8H2,1-2H3. The Bertz CT molecular complexity index is 1500. The van der Waals surface area contributed by atoms with Crippen LogP contribution >= 0.6 is 46.4 Å². The van der Waals surface area contributed by atoms with Gasteiger partial charge in [0.15, 0.2) is 11.6 Å². The Kier molecular flexibility index (Phi) is 5.09. The van der Waals surface area contributed by atoms with E-state index >= 15 is 0 Å². The quantitative estimate of drug-likeness (QED) is 0.439. The van der Waals surface area contributed by atoms with Crippen LogP contribution in [0.1, 0.15) is 29.5 Å². The van der Waals surface area contributed by atoms with E-state index < -0.39 is 54.7 Å². The van der Waals surface area contributed by atoms with Gasteiger partial charge in [-0.2, -0.15) is 0 Å². The van der Waals surface area contributed by atoms with Gasteiger partial charge in [-0.1, -0.05) is 41.4 Å². The molecule has 0 amide bonds. The molecule has 178 valence electrons. The van der Waals surface area contributed by atoms with E-state index in [1.807, 2.05) is 0 Å². The van der Waals surface area contributed by atoms with E-state index in [1.54, 1.807) is 25.1 Å². The lowest BCUT2D eigenvalue weighted by Gasteiger charge is -2.54. The molecule has 2 aliphatic carbocycles. The molecule has 12 heteroatoms. The molecule has 4 atom stereocenters. The number of carbonyl (C=O) groups is 2. The van der Waals surface area contributed by atoms with Gasteiger partial charge in [0.05, 0.1) is 12.6 Å². The summed E-state index contributed by atoms with van der Waals surface area (Å²) in [6.45, 7) is 1.71. The number of rotatable bonds is 1. The van der Waals surface area contributed by atoms with Crippen molar-refractivity contribution in [3.63, 3.8) is 0 Å². The highest BCUT2D eigenvalue weighted by Gasteiger charge is 2.71. The van der Waals surface area contributed by atoms with Crippen LogP contribution in [0.3, 0.4) is 0 Å². The molecule has 1 aromatic carbocycles. The van der Waals surface area contributed by atoms with Gasteiger partial charge in [-0.3, -0.25) is 9.59 Å². The molecule has 5 rings (SSSR count). The van der Waals surface area contributed by atoms with Crippen LogP contribution in [0.5, 0.6) is 5.75 Å². The Hall–Kier alpha value is -2.26. The maximum atomic E-state index is 13.6. The zero-order valence-corrected chi connectivity index (χ0v) is 20.8. The number of aromatic hydroxyl groups is 1. The third-order valence-corrected chi connectivity index (χ3v) is 9.30. The lowest BCUT2D eigenvalue weighted by molar-refractivity contribution is -0.128. The molecule has 2 heterocycles. The topological polar surface area (TPSA) is 103 Å². The first kappa shape index (κ1) is 23.5. The van der Waals surface area contributed by atoms with Gasteiger partial charge in [-0.25, -0.2) is 23.5 Å².